The lowest BCUT2D eigenvalue weighted by atomic mass is 10.1. The van der Waals surface area contributed by atoms with Gasteiger partial charge in [0.05, 0.1) is 22.6 Å². The van der Waals surface area contributed by atoms with Crippen molar-refractivity contribution < 1.29 is 4.42 Å². The van der Waals surface area contributed by atoms with Crippen molar-refractivity contribution in [1.29, 1.82) is 0 Å². The van der Waals surface area contributed by atoms with E-state index in [0.717, 1.165) is 15.9 Å². The molecular formula is C11H14BrN3O. The molecule has 2 aromatic rings. The predicted octanol–water partition coefficient (Wildman–Crippen LogP) is 2.87. The second-order valence-corrected chi connectivity index (χ2v) is 4.76. The summed E-state index contributed by atoms with van der Waals surface area (Å²) in [7, 11) is 0. The lowest BCUT2D eigenvalue weighted by Gasteiger charge is -2.15. The van der Waals surface area contributed by atoms with E-state index in [1.54, 1.807) is 12.5 Å². The van der Waals surface area contributed by atoms with Crippen molar-refractivity contribution in [2.75, 3.05) is 0 Å². The smallest absolute Gasteiger partial charge is 0.126 e. The SMILES string of the molecule is CC(C)n1ncc(Br)c1C(N)c1ccco1. The molecule has 0 saturated carbocycles. The van der Waals surface area contributed by atoms with Gasteiger partial charge in [-0.05, 0) is 41.9 Å². The van der Waals surface area contributed by atoms with Crippen molar-refractivity contribution in [3.05, 3.63) is 40.5 Å². The number of hydrogen-bond acceptors (Lipinski definition) is 3. The fourth-order valence-corrected chi connectivity index (χ4v) is 2.18. The van der Waals surface area contributed by atoms with E-state index in [1.165, 1.54) is 0 Å². The maximum atomic E-state index is 6.16. The van der Waals surface area contributed by atoms with Crippen LogP contribution in [0, 0.1) is 0 Å². The molecule has 1 unspecified atom stereocenters. The predicted molar refractivity (Wildman–Crippen MR) is 65.1 cm³/mol. The molecule has 1 atom stereocenters. The summed E-state index contributed by atoms with van der Waals surface area (Å²) in [5.41, 5.74) is 7.10. The highest BCUT2D eigenvalue weighted by atomic mass is 79.9. The Morgan fingerprint density at radius 3 is 2.81 bits per heavy atom. The molecule has 5 heteroatoms. The Bertz CT molecular complexity index is 462. The van der Waals surface area contributed by atoms with E-state index in [-0.39, 0.29) is 12.1 Å². The van der Waals surface area contributed by atoms with Crippen LogP contribution in [0.3, 0.4) is 0 Å². The van der Waals surface area contributed by atoms with Crippen LogP contribution in [0.15, 0.2) is 33.5 Å². The molecule has 16 heavy (non-hydrogen) atoms. The summed E-state index contributed by atoms with van der Waals surface area (Å²) in [5, 5.41) is 4.29. The van der Waals surface area contributed by atoms with E-state index in [4.69, 9.17) is 10.2 Å². The second kappa shape index (κ2) is 4.43. The molecule has 0 fully saturated rings. The lowest BCUT2D eigenvalue weighted by Crippen LogP contribution is -2.18. The van der Waals surface area contributed by atoms with Crippen LogP contribution in [0.1, 0.15) is 37.4 Å². The van der Waals surface area contributed by atoms with Gasteiger partial charge in [0.25, 0.3) is 0 Å². The number of nitrogens with zero attached hydrogens (tertiary/aromatic N) is 2. The minimum Gasteiger partial charge on any atom is -0.467 e. The average molecular weight is 284 g/mol. The minimum atomic E-state index is -0.297. The van der Waals surface area contributed by atoms with Crippen LogP contribution in [-0.2, 0) is 0 Å². The Labute approximate surface area is 103 Å². The van der Waals surface area contributed by atoms with Crippen LogP contribution >= 0.6 is 15.9 Å². The van der Waals surface area contributed by atoms with Gasteiger partial charge in [-0.3, -0.25) is 4.68 Å². The van der Waals surface area contributed by atoms with Crippen molar-refractivity contribution in [1.82, 2.24) is 9.78 Å². The molecule has 0 bridgehead atoms. The van der Waals surface area contributed by atoms with Gasteiger partial charge in [-0.15, -0.1) is 0 Å². The van der Waals surface area contributed by atoms with Gasteiger partial charge in [0.1, 0.15) is 11.8 Å². The van der Waals surface area contributed by atoms with E-state index in [9.17, 15) is 0 Å². The number of aromatic nitrogens is 2. The van der Waals surface area contributed by atoms with Crippen molar-refractivity contribution in [2.45, 2.75) is 25.9 Å². The van der Waals surface area contributed by atoms with Gasteiger partial charge < -0.3 is 10.2 Å². The fraction of sp³-hybridized carbons (Fsp3) is 0.364. The molecule has 0 spiro atoms. The van der Waals surface area contributed by atoms with Crippen molar-refractivity contribution in [2.24, 2.45) is 5.73 Å². The standard InChI is InChI=1S/C11H14BrN3O/c1-7(2)15-11(8(12)6-14-15)10(13)9-4-3-5-16-9/h3-7,10H,13H2,1-2H3. The third-order valence-corrected chi connectivity index (χ3v) is 3.03. The van der Waals surface area contributed by atoms with Crippen LogP contribution < -0.4 is 5.73 Å². The molecule has 2 aromatic heterocycles. The zero-order valence-corrected chi connectivity index (χ0v) is 10.8. The molecule has 0 aliphatic rings. The summed E-state index contributed by atoms with van der Waals surface area (Å²) < 4.78 is 8.13. The van der Waals surface area contributed by atoms with Crippen molar-refractivity contribution in [3.63, 3.8) is 0 Å². The topological polar surface area (TPSA) is 57.0 Å². The first kappa shape index (κ1) is 11.4. The Kier molecular flexibility index (Phi) is 3.16. The molecule has 0 aromatic carbocycles. The quantitative estimate of drug-likeness (QED) is 0.942. The van der Waals surface area contributed by atoms with E-state index < -0.39 is 0 Å². The molecule has 0 amide bonds. The van der Waals surface area contributed by atoms with Crippen molar-refractivity contribution >= 4 is 15.9 Å². The van der Waals surface area contributed by atoms with Crippen LogP contribution in [0.5, 0.6) is 0 Å². The summed E-state index contributed by atoms with van der Waals surface area (Å²) in [6.45, 7) is 4.13. The second-order valence-electron chi connectivity index (χ2n) is 3.91. The van der Waals surface area contributed by atoms with Crippen LogP contribution in [0.2, 0.25) is 0 Å². The molecule has 86 valence electrons. The minimum absolute atomic E-state index is 0.266. The molecule has 0 aliphatic carbocycles. The average Bonchev–Trinajstić information content (AvgIpc) is 2.84. The molecule has 0 aliphatic heterocycles. The molecule has 2 heterocycles. The van der Waals surface area contributed by atoms with Gasteiger partial charge in [0.2, 0.25) is 0 Å². The maximum absolute atomic E-state index is 6.16. The molecule has 0 radical (unpaired) electrons. The molecule has 2 rings (SSSR count). The van der Waals surface area contributed by atoms with Crippen molar-refractivity contribution in [3.8, 4) is 0 Å². The normalized spacial score (nSPS) is 13.3. The maximum Gasteiger partial charge on any atom is 0.126 e. The summed E-state index contributed by atoms with van der Waals surface area (Å²) in [6, 6.07) is 3.67. The number of halogens is 1. The van der Waals surface area contributed by atoms with Gasteiger partial charge >= 0.3 is 0 Å². The van der Waals surface area contributed by atoms with Crippen LogP contribution in [-0.4, -0.2) is 9.78 Å². The first-order valence-corrected chi connectivity index (χ1v) is 5.92. The Hall–Kier alpha value is -1.07. The number of rotatable bonds is 3. The third-order valence-electron chi connectivity index (χ3n) is 2.42. The highest BCUT2D eigenvalue weighted by Gasteiger charge is 2.21. The number of furan rings is 1. The van der Waals surface area contributed by atoms with Gasteiger partial charge in [0.15, 0.2) is 0 Å². The largest absolute Gasteiger partial charge is 0.467 e. The van der Waals surface area contributed by atoms with Crippen LogP contribution in [0.25, 0.3) is 0 Å². The van der Waals surface area contributed by atoms with E-state index in [1.807, 2.05) is 16.8 Å². The third kappa shape index (κ3) is 1.92. The Morgan fingerprint density at radius 1 is 1.50 bits per heavy atom. The molecular weight excluding hydrogens is 270 g/mol. The summed E-state index contributed by atoms with van der Waals surface area (Å²) in [6.07, 6.45) is 3.39. The summed E-state index contributed by atoms with van der Waals surface area (Å²) >= 11 is 3.47. The number of hydrogen-bond donors (Lipinski definition) is 1. The van der Waals surface area contributed by atoms with Gasteiger partial charge in [-0.1, -0.05) is 0 Å². The molecule has 2 N–H and O–H groups in total. The van der Waals surface area contributed by atoms with Gasteiger partial charge in [-0.25, -0.2) is 0 Å². The molecule has 0 saturated heterocycles. The fourth-order valence-electron chi connectivity index (χ4n) is 1.66. The summed E-state index contributed by atoms with van der Waals surface area (Å²) in [4.78, 5) is 0. The van der Waals surface area contributed by atoms with E-state index in [2.05, 4.69) is 34.9 Å². The van der Waals surface area contributed by atoms with E-state index in [0.29, 0.717) is 0 Å². The first-order valence-electron chi connectivity index (χ1n) is 5.13. The number of nitrogens with two attached hydrogens (primary N) is 1. The highest BCUT2D eigenvalue weighted by molar-refractivity contribution is 9.10. The Balaban J connectivity index is 2.43. The van der Waals surface area contributed by atoms with Crippen LogP contribution in [0.4, 0.5) is 0 Å². The van der Waals surface area contributed by atoms with Gasteiger partial charge in [-0.2, -0.15) is 5.10 Å². The summed E-state index contributed by atoms with van der Waals surface area (Å²) in [5.74, 6) is 0.739. The zero-order valence-electron chi connectivity index (χ0n) is 9.22. The first-order chi connectivity index (χ1) is 7.61. The van der Waals surface area contributed by atoms with E-state index >= 15 is 0 Å². The highest BCUT2D eigenvalue weighted by Crippen LogP contribution is 2.28. The molecule has 4 nitrogen and oxygen atoms in total. The lowest BCUT2D eigenvalue weighted by molar-refractivity contribution is 0.451. The van der Waals surface area contributed by atoms with Gasteiger partial charge in [0, 0.05) is 6.04 Å². The monoisotopic (exact) mass is 283 g/mol. The Morgan fingerprint density at radius 2 is 2.25 bits per heavy atom. The zero-order chi connectivity index (χ0) is 11.7.